The van der Waals surface area contributed by atoms with Crippen molar-refractivity contribution in [3.63, 3.8) is 0 Å². The summed E-state index contributed by atoms with van der Waals surface area (Å²) in [7, 11) is 3.12. The number of ether oxygens (including phenoxy) is 4. The lowest BCUT2D eigenvalue weighted by molar-refractivity contribution is -0.0236. The van der Waals surface area contributed by atoms with Crippen LogP contribution in [0.1, 0.15) is 33.1 Å². The van der Waals surface area contributed by atoms with Crippen molar-refractivity contribution in [2.75, 3.05) is 41.0 Å². The summed E-state index contributed by atoms with van der Waals surface area (Å²) in [5.74, 6) is -0.293. The van der Waals surface area contributed by atoms with Gasteiger partial charge in [0, 0.05) is 31.3 Å². The molecule has 0 radical (unpaired) electrons. The minimum atomic E-state index is -0.296. The Morgan fingerprint density at radius 1 is 0.703 bits per heavy atom. The first-order valence-electron chi connectivity index (χ1n) is 11.7. The summed E-state index contributed by atoms with van der Waals surface area (Å²) >= 11 is 0. The monoisotopic (exact) mass is 500 g/mol. The van der Waals surface area contributed by atoms with Crippen LogP contribution in [-0.2, 0) is 18.9 Å². The molecule has 37 heavy (non-hydrogen) atoms. The zero-order chi connectivity index (χ0) is 27.7. The van der Waals surface area contributed by atoms with Crippen molar-refractivity contribution < 1.29 is 24.1 Å². The van der Waals surface area contributed by atoms with Crippen LogP contribution in [0.2, 0.25) is 0 Å². The summed E-state index contributed by atoms with van der Waals surface area (Å²) in [6, 6.07) is 0. The zero-order valence-electron chi connectivity index (χ0n) is 22.4. The summed E-state index contributed by atoms with van der Waals surface area (Å²) in [5.41, 5.74) is 34.3. The summed E-state index contributed by atoms with van der Waals surface area (Å²) in [5, 5.41) is 10.9. The molecule has 0 aromatic rings. The van der Waals surface area contributed by atoms with Crippen molar-refractivity contribution in [1.29, 1.82) is 0 Å². The van der Waals surface area contributed by atoms with Gasteiger partial charge in [0.2, 0.25) is 0 Å². The second-order valence-corrected chi connectivity index (χ2v) is 7.78. The van der Waals surface area contributed by atoms with Crippen LogP contribution in [0.15, 0.2) is 105 Å². The fourth-order valence-corrected chi connectivity index (χ4v) is 3.37. The van der Waals surface area contributed by atoms with Crippen LogP contribution < -0.4 is 0 Å². The first kappa shape index (κ1) is 33.2. The van der Waals surface area contributed by atoms with E-state index < -0.39 is 0 Å². The van der Waals surface area contributed by atoms with E-state index in [1.807, 2.05) is 6.92 Å². The molecule has 0 heterocycles. The Hall–Kier alpha value is -3.78. The molecule has 0 aromatic carbocycles. The maximum atomic E-state index is 10.9. The third-order valence-corrected chi connectivity index (χ3v) is 5.18. The Balaban J connectivity index is 6.51. The lowest BCUT2D eigenvalue weighted by atomic mass is 9.80. The number of aliphatic hydroxyl groups is 1. The van der Waals surface area contributed by atoms with E-state index in [1.54, 1.807) is 14.2 Å². The summed E-state index contributed by atoms with van der Waals surface area (Å²) in [6.45, 7) is 15.4. The van der Waals surface area contributed by atoms with Crippen LogP contribution in [0.25, 0.3) is 0 Å². The Bertz CT molecular complexity index is 1210. The molecule has 0 bridgehead atoms. The molecule has 0 saturated carbocycles. The molecule has 194 valence electrons. The van der Waals surface area contributed by atoms with Crippen LogP contribution in [0.4, 0.5) is 0 Å². The molecule has 0 rings (SSSR count). The fraction of sp³-hybridized carbons (Fsp3) is 0.438. The molecule has 0 saturated heterocycles. The minimum Gasteiger partial charge on any atom is -0.504 e. The normalized spacial score (nSPS) is 11.2. The van der Waals surface area contributed by atoms with Gasteiger partial charge in [0.1, 0.15) is 19.3 Å². The quantitative estimate of drug-likeness (QED) is 0.116. The van der Waals surface area contributed by atoms with Gasteiger partial charge >= 0.3 is 0 Å². The van der Waals surface area contributed by atoms with Crippen LogP contribution >= 0.6 is 0 Å². The predicted octanol–water partition coefficient (Wildman–Crippen LogP) is 6.33. The summed E-state index contributed by atoms with van der Waals surface area (Å²) in [4.78, 5) is 0. The number of aliphatic hydroxyl groups excluding tert-OH is 1. The molecular formula is C32H36O5. The Morgan fingerprint density at radius 2 is 1.19 bits per heavy atom. The third kappa shape index (κ3) is 15.8. The molecule has 5 nitrogen and oxygen atoms in total. The van der Waals surface area contributed by atoms with Crippen LogP contribution in [0.3, 0.4) is 0 Å². The van der Waals surface area contributed by atoms with Gasteiger partial charge < -0.3 is 24.1 Å². The smallest absolute Gasteiger partial charge is 0.146 e. The molecule has 0 aliphatic carbocycles. The highest BCUT2D eigenvalue weighted by atomic mass is 16.7. The lowest BCUT2D eigenvalue weighted by Gasteiger charge is -2.25. The Morgan fingerprint density at radius 3 is 1.68 bits per heavy atom. The highest BCUT2D eigenvalue weighted by molar-refractivity contribution is 5.12. The Kier molecular flexibility index (Phi) is 20.4. The van der Waals surface area contributed by atoms with E-state index in [1.165, 1.54) is 0 Å². The first-order valence-corrected chi connectivity index (χ1v) is 11.7. The summed E-state index contributed by atoms with van der Waals surface area (Å²) < 4.78 is 21.2. The Labute approximate surface area is 221 Å². The fourth-order valence-electron chi connectivity index (χ4n) is 3.37. The number of hydrogen-bond donors (Lipinski definition) is 1. The second-order valence-electron chi connectivity index (χ2n) is 7.78. The average molecular weight is 501 g/mol. The molecule has 1 N–H and O–H groups in total. The second kappa shape index (κ2) is 22.7. The van der Waals surface area contributed by atoms with Crippen molar-refractivity contribution in [2.45, 2.75) is 33.1 Å². The van der Waals surface area contributed by atoms with Gasteiger partial charge in [0.05, 0.1) is 13.2 Å². The molecule has 5 heteroatoms. The number of allylic oxidation sites excluding steroid dienone is 1. The van der Waals surface area contributed by atoms with Crippen molar-refractivity contribution in [1.82, 2.24) is 0 Å². The third-order valence-electron chi connectivity index (χ3n) is 5.18. The largest absolute Gasteiger partial charge is 0.504 e. The lowest BCUT2D eigenvalue weighted by Crippen LogP contribution is -2.19. The first-order chi connectivity index (χ1) is 18.0. The molecule has 0 amide bonds. The maximum absolute atomic E-state index is 10.9. The van der Waals surface area contributed by atoms with E-state index in [2.05, 4.69) is 95.4 Å². The van der Waals surface area contributed by atoms with E-state index in [0.717, 1.165) is 17.6 Å². The minimum absolute atomic E-state index is 0.00681. The van der Waals surface area contributed by atoms with Gasteiger partial charge in [-0.2, -0.15) is 0 Å². The zero-order valence-corrected chi connectivity index (χ0v) is 22.4. The number of methoxy groups -OCH3 is 2. The molecular weight excluding hydrogens is 464 g/mol. The molecule has 0 spiro atoms. The molecule has 3 atom stereocenters. The highest BCUT2D eigenvalue weighted by Crippen LogP contribution is 2.32. The topological polar surface area (TPSA) is 57.2 Å². The van der Waals surface area contributed by atoms with E-state index in [0.29, 0.717) is 12.8 Å². The standard InChI is InChI=1S/C32H36O5/c1-8-12-15-18-29(23-36-25-34-6)27(5)21-31(32(33)20-17-14-10-3)22-28(11-4)30(19-16-13-9-2)24-37-26-35-7/h27-28,31,33H,1-3,11,21-26H2,4-7H3. The molecule has 0 aromatic heterocycles. The summed E-state index contributed by atoms with van der Waals surface area (Å²) in [6.07, 6.45) is 1.91. The van der Waals surface area contributed by atoms with Gasteiger partial charge in [0.15, 0.2) is 0 Å². The van der Waals surface area contributed by atoms with Crippen LogP contribution in [-0.4, -0.2) is 46.1 Å². The van der Waals surface area contributed by atoms with Crippen molar-refractivity contribution in [3.05, 3.63) is 105 Å². The van der Waals surface area contributed by atoms with Crippen molar-refractivity contribution in [3.8, 4) is 0 Å². The molecule has 0 aliphatic rings. The highest BCUT2D eigenvalue weighted by Gasteiger charge is 2.25. The SMILES string of the molecule is C=C=C=C=C=C(COCOC)C(C)CC(CC(CC)C(=C=C=C=C=C)COCOC)C(O)=C=C=C=C=C. The van der Waals surface area contributed by atoms with Crippen molar-refractivity contribution in [2.24, 2.45) is 17.8 Å². The molecule has 0 fully saturated rings. The average Bonchev–Trinajstić information content (AvgIpc) is 2.89. The van der Waals surface area contributed by atoms with Gasteiger partial charge in [0.25, 0.3) is 0 Å². The van der Waals surface area contributed by atoms with Gasteiger partial charge in [-0.1, -0.05) is 42.5 Å². The number of hydrogen-bond acceptors (Lipinski definition) is 5. The van der Waals surface area contributed by atoms with E-state index in [-0.39, 0.29) is 50.3 Å². The van der Waals surface area contributed by atoms with Gasteiger partial charge in [-0.15, -0.1) is 0 Å². The van der Waals surface area contributed by atoms with E-state index >= 15 is 0 Å². The molecule has 3 unspecified atom stereocenters. The van der Waals surface area contributed by atoms with Crippen LogP contribution in [0.5, 0.6) is 0 Å². The maximum Gasteiger partial charge on any atom is 0.146 e. The van der Waals surface area contributed by atoms with Gasteiger partial charge in [-0.25, -0.2) is 0 Å². The molecule has 0 aliphatic heterocycles. The predicted molar refractivity (Wildman–Crippen MR) is 144 cm³/mol. The van der Waals surface area contributed by atoms with Crippen molar-refractivity contribution >= 4 is 0 Å². The van der Waals surface area contributed by atoms with Gasteiger partial charge in [-0.05, 0) is 91.0 Å². The van der Waals surface area contributed by atoms with E-state index in [4.69, 9.17) is 18.9 Å². The number of rotatable bonds is 16. The van der Waals surface area contributed by atoms with E-state index in [9.17, 15) is 5.11 Å². The van der Waals surface area contributed by atoms with Crippen LogP contribution in [0, 0.1) is 17.8 Å². The van der Waals surface area contributed by atoms with Gasteiger partial charge in [-0.3, -0.25) is 0 Å².